The van der Waals surface area contributed by atoms with Gasteiger partial charge in [-0.25, -0.2) is 4.98 Å². The summed E-state index contributed by atoms with van der Waals surface area (Å²) in [5.74, 6) is 0.447. The molecule has 190 valence electrons. The first-order chi connectivity index (χ1) is 17.7. The highest BCUT2D eigenvalue weighted by Crippen LogP contribution is 2.39. The molecule has 3 N–H and O–H groups in total. The Kier molecular flexibility index (Phi) is 6.36. The van der Waals surface area contributed by atoms with Gasteiger partial charge in [-0.15, -0.1) is 5.10 Å². The van der Waals surface area contributed by atoms with E-state index in [0.29, 0.717) is 59.7 Å². The Morgan fingerprint density at radius 2 is 1.92 bits per heavy atom. The summed E-state index contributed by atoms with van der Waals surface area (Å²) < 4.78 is 1.43. The highest BCUT2D eigenvalue weighted by Gasteiger charge is 2.33. The van der Waals surface area contributed by atoms with Gasteiger partial charge in [0, 0.05) is 19.1 Å². The van der Waals surface area contributed by atoms with Crippen LogP contribution < -0.4 is 10.6 Å². The Morgan fingerprint density at radius 1 is 1.19 bits per heavy atom. The Bertz CT molecular complexity index is 1450. The Labute approximate surface area is 218 Å². The van der Waals surface area contributed by atoms with Crippen LogP contribution in [0, 0.1) is 22.7 Å². The van der Waals surface area contributed by atoms with Gasteiger partial charge in [-0.3, -0.25) is 4.79 Å². The molecule has 0 bridgehead atoms. The first-order valence-corrected chi connectivity index (χ1v) is 12.5. The van der Waals surface area contributed by atoms with Gasteiger partial charge in [0.15, 0.2) is 17.2 Å². The van der Waals surface area contributed by atoms with E-state index in [0.717, 1.165) is 18.4 Å². The summed E-state index contributed by atoms with van der Waals surface area (Å²) in [6.07, 6.45) is 4.81. The summed E-state index contributed by atoms with van der Waals surface area (Å²) in [5.41, 5.74) is 1.01. The second-order valence-corrected chi connectivity index (χ2v) is 10.4. The molecule has 11 nitrogen and oxygen atoms in total. The normalized spacial score (nSPS) is 16.3. The lowest BCUT2D eigenvalue weighted by atomic mass is 9.87. The summed E-state index contributed by atoms with van der Waals surface area (Å²) in [5, 5.41) is 40.6. The average molecular weight is 520 g/mol. The molecule has 2 aromatic heterocycles. The average Bonchev–Trinajstić information content (AvgIpc) is 3.60. The van der Waals surface area contributed by atoms with Crippen LogP contribution in [0.1, 0.15) is 62.3 Å². The fourth-order valence-corrected chi connectivity index (χ4v) is 4.84. The highest BCUT2D eigenvalue weighted by atomic mass is 35.5. The molecule has 1 saturated heterocycles. The number of imidazole rings is 1. The SMILES string of the molecule is CC(C)(O)C(=O)N1CCC(c2cc(C#N)cc(Nc3nc(NC4CC4)c4ncc(C#N)n4n3)c2Cl)CC1. The molecule has 2 fully saturated rings. The van der Waals surface area contributed by atoms with Crippen molar-refractivity contribution in [2.24, 2.45) is 0 Å². The summed E-state index contributed by atoms with van der Waals surface area (Å²) in [6.45, 7) is 3.94. The summed E-state index contributed by atoms with van der Waals surface area (Å²) in [7, 11) is 0. The van der Waals surface area contributed by atoms with E-state index in [1.807, 2.05) is 0 Å². The lowest BCUT2D eigenvalue weighted by molar-refractivity contribution is -0.148. The number of aromatic nitrogens is 4. The number of halogens is 1. The van der Waals surface area contributed by atoms with E-state index in [1.54, 1.807) is 17.0 Å². The number of amides is 1. The number of rotatable bonds is 6. The van der Waals surface area contributed by atoms with Crippen LogP contribution in [0.15, 0.2) is 18.3 Å². The van der Waals surface area contributed by atoms with Gasteiger partial charge in [-0.2, -0.15) is 20.0 Å². The van der Waals surface area contributed by atoms with Crippen molar-refractivity contribution in [1.29, 1.82) is 10.5 Å². The molecule has 1 aliphatic carbocycles. The van der Waals surface area contributed by atoms with Crippen LogP contribution in [0.25, 0.3) is 5.65 Å². The van der Waals surface area contributed by atoms with Crippen LogP contribution in [-0.4, -0.2) is 60.2 Å². The molecule has 1 aromatic carbocycles. The molecule has 5 rings (SSSR count). The predicted molar refractivity (Wildman–Crippen MR) is 136 cm³/mol. The molecule has 1 amide bonds. The third-order valence-corrected chi connectivity index (χ3v) is 7.04. The number of hydrogen-bond donors (Lipinski definition) is 3. The van der Waals surface area contributed by atoms with Crippen molar-refractivity contribution in [2.75, 3.05) is 23.7 Å². The molecule has 1 aliphatic heterocycles. The third-order valence-electron chi connectivity index (χ3n) is 6.62. The zero-order chi connectivity index (χ0) is 26.3. The number of nitrogens with one attached hydrogen (secondary N) is 2. The van der Waals surface area contributed by atoms with Gasteiger partial charge in [-0.05, 0) is 63.1 Å². The van der Waals surface area contributed by atoms with Crippen molar-refractivity contribution in [2.45, 2.75) is 57.1 Å². The molecule has 3 aromatic rings. The zero-order valence-corrected chi connectivity index (χ0v) is 21.2. The Balaban J connectivity index is 1.44. The monoisotopic (exact) mass is 519 g/mol. The second-order valence-electron chi connectivity index (χ2n) is 9.98. The number of aliphatic hydroxyl groups is 1. The van der Waals surface area contributed by atoms with E-state index >= 15 is 0 Å². The Morgan fingerprint density at radius 3 is 2.54 bits per heavy atom. The lowest BCUT2D eigenvalue weighted by Crippen LogP contribution is -2.48. The summed E-state index contributed by atoms with van der Waals surface area (Å²) in [4.78, 5) is 23.0. The van der Waals surface area contributed by atoms with Crippen LogP contribution in [0.4, 0.5) is 17.5 Å². The maximum atomic E-state index is 12.5. The van der Waals surface area contributed by atoms with Gasteiger partial charge in [0.2, 0.25) is 5.95 Å². The minimum absolute atomic E-state index is 0.0292. The molecular weight excluding hydrogens is 494 g/mol. The van der Waals surface area contributed by atoms with E-state index in [1.165, 1.54) is 24.6 Å². The second kappa shape index (κ2) is 9.51. The first kappa shape index (κ1) is 24.8. The summed E-state index contributed by atoms with van der Waals surface area (Å²) in [6, 6.07) is 7.99. The third kappa shape index (κ3) is 5.01. The van der Waals surface area contributed by atoms with Crippen LogP contribution in [-0.2, 0) is 4.79 Å². The maximum Gasteiger partial charge on any atom is 0.253 e. The molecule has 1 saturated carbocycles. The number of nitriles is 2. The lowest BCUT2D eigenvalue weighted by Gasteiger charge is -2.35. The molecule has 0 radical (unpaired) electrons. The molecule has 0 spiro atoms. The van der Waals surface area contributed by atoms with Gasteiger partial charge in [0.05, 0.1) is 28.5 Å². The number of carbonyl (C=O) groups is 1. The first-order valence-electron chi connectivity index (χ1n) is 12.1. The van der Waals surface area contributed by atoms with Crippen LogP contribution in [0.3, 0.4) is 0 Å². The topological polar surface area (TPSA) is 155 Å². The summed E-state index contributed by atoms with van der Waals surface area (Å²) >= 11 is 6.85. The van der Waals surface area contributed by atoms with Crippen molar-refractivity contribution in [3.05, 3.63) is 40.2 Å². The van der Waals surface area contributed by atoms with Gasteiger partial charge in [0.1, 0.15) is 11.7 Å². The number of anilines is 3. The fourth-order valence-electron chi connectivity index (χ4n) is 4.53. The van der Waals surface area contributed by atoms with Gasteiger partial charge >= 0.3 is 0 Å². The van der Waals surface area contributed by atoms with Crippen molar-refractivity contribution in [3.8, 4) is 12.1 Å². The number of carbonyl (C=O) groups excluding carboxylic acids is 1. The van der Waals surface area contributed by atoms with Crippen molar-refractivity contribution >= 4 is 40.6 Å². The number of benzene rings is 1. The molecule has 37 heavy (non-hydrogen) atoms. The van der Waals surface area contributed by atoms with Crippen LogP contribution in [0.2, 0.25) is 5.02 Å². The number of fused-ring (bicyclic) bond motifs is 1. The van der Waals surface area contributed by atoms with E-state index in [4.69, 9.17) is 11.6 Å². The van der Waals surface area contributed by atoms with E-state index in [2.05, 4.69) is 37.8 Å². The molecular formula is C25H26ClN9O2. The van der Waals surface area contributed by atoms with Crippen LogP contribution >= 0.6 is 11.6 Å². The Hall–Kier alpha value is -3.93. The largest absolute Gasteiger partial charge is 0.381 e. The zero-order valence-electron chi connectivity index (χ0n) is 20.5. The van der Waals surface area contributed by atoms with Crippen LogP contribution in [0.5, 0.6) is 0 Å². The van der Waals surface area contributed by atoms with Crippen molar-refractivity contribution in [3.63, 3.8) is 0 Å². The van der Waals surface area contributed by atoms with E-state index in [9.17, 15) is 20.4 Å². The maximum absolute atomic E-state index is 12.5. The fraction of sp³-hybridized carbons (Fsp3) is 0.440. The number of piperidine rings is 1. The molecule has 3 heterocycles. The quantitative estimate of drug-likeness (QED) is 0.444. The van der Waals surface area contributed by atoms with E-state index < -0.39 is 5.60 Å². The molecule has 2 aliphatic rings. The number of nitrogens with zero attached hydrogens (tertiary/aromatic N) is 7. The van der Waals surface area contributed by atoms with Crippen molar-refractivity contribution < 1.29 is 9.90 Å². The minimum atomic E-state index is -1.42. The van der Waals surface area contributed by atoms with E-state index in [-0.39, 0.29) is 23.5 Å². The van der Waals surface area contributed by atoms with Gasteiger partial charge < -0.3 is 20.6 Å². The standard InChI is InChI=1S/C25H26ClN9O2/c1-25(2,37)23(36)34-7-5-15(6-8-34)18-9-14(11-27)10-19(20(18)26)31-24-32-21(30-16-3-4-16)22-29-13-17(12-28)35(22)33-24/h9-10,13,15-16,37H,3-8H2,1-2H3,(H2,30,31,32,33). The highest BCUT2D eigenvalue weighted by molar-refractivity contribution is 6.34. The predicted octanol–water partition coefficient (Wildman–Crippen LogP) is 3.32. The molecule has 12 heteroatoms. The van der Waals surface area contributed by atoms with Crippen molar-refractivity contribution in [1.82, 2.24) is 24.5 Å². The van der Waals surface area contributed by atoms with Gasteiger partial charge in [0.25, 0.3) is 5.91 Å². The number of hydrogen-bond acceptors (Lipinski definition) is 9. The van der Waals surface area contributed by atoms with Gasteiger partial charge in [-0.1, -0.05) is 11.6 Å². The molecule has 0 atom stereocenters. The molecule has 0 unspecified atom stereocenters. The number of likely N-dealkylation sites (tertiary alicyclic amines) is 1. The minimum Gasteiger partial charge on any atom is -0.381 e. The smallest absolute Gasteiger partial charge is 0.253 e.